The summed E-state index contributed by atoms with van der Waals surface area (Å²) in [6, 6.07) is 15.6. The molecule has 3 aromatic rings. The molecule has 0 spiro atoms. The molecule has 0 bridgehead atoms. The molecule has 4 rings (SSSR count). The molecule has 156 valence electrons. The van der Waals surface area contributed by atoms with Crippen LogP contribution in [0.3, 0.4) is 0 Å². The molecule has 1 fully saturated rings. The number of hydrogen-bond donors (Lipinski definition) is 0. The summed E-state index contributed by atoms with van der Waals surface area (Å²) in [6.07, 6.45) is 0. The van der Waals surface area contributed by atoms with E-state index in [1.54, 1.807) is 11.3 Å². The molecule has 30 heavy (non-hydrogen) atoms. The van der Waals surface area contributed by atoms with Crippen molar-refractivity contribution >= 4 is 34.5 Å². The standard InChI is InChI=1S/C23H25ClN4OS/c1-26(2)21-5-3-4-18(14-21)23(29)28-12-10-27(11-13-28)15-20-16-30-22(25-20)17-6-8-19(24)9-7-17/h3-9,14,16H,10-13,15H2,1-2H3. The van der Waals surface area contributed by atoms with Gasteiger partial charge in [-0.2, -0.15) is 0 Å². The molecule has 1 aliphatic heterocycles. The Kier molecular flexibility index (Phi) is 6.37. The van der Waals surface area contributed by atoms with Crippen LogP contribution in [0.2, 0.25) is 5.02 Å². The molecule has 0 N–H and O–H groups in total. The van der Waals surface area contributed by atoms with Gasteiger partial charge in [-0.15, -0.1) is 11.3 Å². The number of benzene rings is 2. The second-order valence-electron chi connectivity index (χ2n) is 7.66. The highest BCUT2D eigenvalue weighted by atomic mass is 35.5. The summed E-state index contributed by atoms with van der Waals surface area (Å²) in [5.74, 6) is 0.108. The average molecular weight is 441 g/mol. The fraction of sp³-hybridized carbons (Fsp3) is 0.304. The van der Waals surface area contributed by atoms with Gasteiger partial charge < -0.3 is 9.80 Å². The van der Waals surface area contributed by atoms with Crippen LogP contribution >= 0.6 is 22.9 Å². The third-order valence-corrected chi connectivity index (χ3v) is 6.49. The van der Waals surface area contributed by atoms with E-state index in [9.17, 15) is 4.79 Å². The number of nitrogens with zero attached hydrogens (tertiary/aromatic N) is 4. The summed E-state index contributed by atoms with van der Waals surface area (Å²) < 4.78 is 0. The van der Waals surface area contributed by atoms with Gasteiger partial charge in [0.2, 0.25) is 0 Å². The van der Waals surface area contributed by atoms with Gasteiger partial charge in [-0.05, 0) is 30.3 Å². The number of carbonyl (C=O) groups is 1. The van der Waals surface area contributed by atoms with Crippen molar-refractivity contribution in [1.82, 2.24) is 14.8 Å². The Morgan fingerprint density at radius 3 is 2.53 bits per heavy atom. The first-order valence-corrected chi connectivity index (χ1v) is 11.2. The Labute approximate surface area is 186 Å². The number of rotatable bonds is 5. The highest BCUT2D eigenvalue weighted by Crippen LogP contribution is 2.26. The molecule has 7 heteroatoms. The van der Waals surface area contributed by atoms with Gasteiger partial charge in [-0.1, -0.05) is 29.8 Å². The fourth-order valence-corrected chi connectivity index (χ4v) is 4.49. The van der Waals surface area contributed by atoms with Crippen LogP contribution in [0.25, 0.3) is 10.6 Å². The summed E-state index contributed by atoms with van der Waals surface area (Å²) in [7, 11) is 3.97. The Balaban J connectivity index is 1.33. The molecule has 5 nitrogen and oxygen atoms in total. The molecular formula is C23H25ClN4OS. The minimum absolute atomic E-state index is 0.108. The third kappa shape index (κ3) is 4.83. The van der Waals surface area contributed by atoms with Crippen LogP contribution in [-0.4, -0.2) is 61.0 Å². The van der Waals surface area contributed by atoms with Crippen molar-refractivity contribution in [1.29, 1.82) is 0 Å². The summed E-state index contributed by atoms with van der Waals surface area (Å²) in [4.78, 5) is 24.0. The minimum atomic E-state index is 0.108. The lowest BCUT2D eigenvalue weighted by atomic mass is 10.1. The molecule has 0 saturated carbocycles. The number of aromatic nitrogens is 1. The molecule has 2 aromatic carbocycles. The maximum atomic E-state index is 12.9. The van der Waals surface area contributed by atoms with Crippen LogP contribution in [0.15, 0.2) is 53.9 Å². The topological polar surface area (TPSA) is 39.7 Å². The first kappa shape index (κ1) is 20.8. The third-order valence-electron chi connectivity index (χ3n) is 5.30. The van der Waals surface area contributed by atoms with E-state index in [1.807, 2.05) is 72.4 Å². The first-order chi connectivity index (χ1) is 14.5. The number of thiazole rings is 1. The van der Waals surface area contributed by atoms with E-state index in [0.29, 0.717) is 0 Å². The lowest BCUT2D eigenvalue weighted by Crippen LogP contribution is -2.48. The number of halogens is 1. The molecule has 1 aliphatic rings. The van der Waals surface area contributed by atoms with Crippen LogP contribution in [0.5, 0.6) is 0 Å². The van der Waals surface area contributed by atoms with Crippen molar-refractivity contribution in [3.8, 4) is 10.6 Å². The van der Waals surface area contributed by atoms with Gasteiger partial charge in [-0.3, -0.25) is 9.69 Å². The number of anilines is 1. The molecule has 2 heterocycles. The van der Waals surface area contributed by atoms with Gasteiger partial charge in [-0.25, -0.2) is 4.98 Å². The van der Waals surface area contributed by atoms with E-state index in [2.05, 4.69) is 10.3 Å². The van der Waals surface area contributed by atoms with Crippen molar-refractivity contribution in [3.05, 3.63) is 70.2 Å². The van der Waals surface area contributed by atoms with Gasteiger partial charge in [0.1, 0.15) is 5.01 Å². The number of amides is 1. The lowest BCUT2D eigenvalue weighted by molar-refractivity contribution is 0.0627. The van der Waals surface area contributed by atoms with Crippen LogP contribution < -0.4 is 4.90 Å². The van der Waals surface area contributed by atoms with Crippen molar-refractivity contribution in [2.75, 3.05) is 45.2 Å². The Morgan fingerprint density at radius 1 is 1.10 bits per heavy atom. The molecule has 1 aromatic heterocycles. The van der Waals surface area contributed by atoms with E-state index in [4.69, 9.17) is 16.6 Å². The molecule has 0 aliphatic carbocycles. The Morgan fingerprint density at radius 2 is 1.83 bits per heavy atom. The zero-order chi connectivity index (χ0) is 21.1. The monoisotopic (exact) mass is 440 g/mol. The molecule has 0 radical (unpaired) electrons. The summed E-state index contributed by atoms with van der Waals surface area (Å²) in [5, 5.41) is 3.86. The Bertz CT molecular complexity index is 1010. The van der Waals surface area contributed by atoms with Crippen molar-refractivity contribution in [2.45, 2.75) is 6.54 Å². The molecule has 1 saturated heterocycles. The van der Waals surface area contributed by atoms with Gasteiger partial charge in [0.25, 0.3) is 5.91 Å². The minimum Gasteiger partial charge on any atom is -0.378 e. The second-order valence-corrected chi connectivity index (χ2v) is 8.96. The molecule has 0 atom stereocenters. The van der Waals surface area contributed by atoms with Gasteiger partial charge in [0.05, 0.1) is 5.69 Å². The first-order valence-electron chi connectivity index (χ1n) is 9.99. The maximum absolute atomic E-state index is 12.9. The highest BCUT2D eigenvalue weighted by molar-refractivity contribution is 7.13. The van der Waals surface area contributed by atoms with Crippen molar-refractivity contribution in [3.63, 3.8) is 0 Å². The van der Waals surface area contributed by atoms with E-state index >= 15 is 0 Å². The lowest BCUT2D eigenvalue weighted by Gasteiger charge is -2.34. The zero-order valence-electron chi connectivity index (χ0n) is 17.2. The van der Waals surface area contributed by atoms with Crippen LogP contribution in [-0.2, 0) is 6.54 Å². The van der Waals surface area contributed by atoms with Gasteiger partial charge >= 0.3 is 0 Å². The van der Waals surface area contributed by atoms with E-state index < -0.39 is 0 Å². The predicted molar refractivity (Wildman–Crippen MR) is 125 cm³/mol. The van der Waals surface area contributed by atoms with Crippen LogP contribution in [0.1, 0.15) is 16.1 Å². The van der Waals surface area contributed by atoms with Crippen LogP contribution in [0.4, 0.5) is 5.69 Å². The predicted octanol–water partition coefficient (Wildman–Crippen LogP) is 4.49. The molecular weight excluding hydrogens is 416 g/mol. The van der Waals surface area contributed by atoms with Crippen molar-refractivity contribution in [2.24, 2.45) is 0 Å². The number of hydrogen-bond acceptors (Lipinski definition) is 5. The quantitative estimate of drug-likeness (QED) is 0.586. The van der Waals surface area contributed by atoms with E-state index in [1.165, 1.54) is 0 Å². The van der Waals surface area contributed by atoms with E-state index in [-0.39, 0.29) is 5.91 Å². The van der Waals surface area contributed by atoms with Gasteiger partial charge in [0, 0.05) is 74.0 Å². The van der Waals surface area contributed by atoms with Gasteiger partial charge in [0.15, 0.2) is 0 Å². The largest absolute Gasteiger partial charge is 0.378 e. The number of carbonyl (C=O) groups excluding carboxylic acids is 1. The SMILES string of the molecule is CN(C)c1cccc(C(=O)N2CCN(Cc3csc(-c4ccc(Cl)cc4)n3)CC2)c1. The van der Waals surface area contributed by atoms with Crippen LogP contribution in [0, 0.1) is 0 Å². The summed E-state index contributed by atoms with van der Waals surface area (Å²) in [5.41, 5.74) is 3.95. The summed E-state index contributed by atoms with van der Waals surface area (Å²) >= 11 is 7.63. The molecule has 0 unspecified atom stereocenters. The smallest absolute Gasteiger partial charge is 0.254 e. The fourth-order valence-electron chi connectivity index (χ4n) is 3.54. The highest BCUT2D eigenvalue weighted by Gasteiger charge is 2.23. The maximum Gasteiger partial charge on any atom is 0.254 e. The zero-order valence-corrected chi connectivity index (χ0v) is 18.8. The summed E-state index contributed by atoms with van der Waals surface area (Å²) in [6.45, 7) is 3.99. The molecule has 1 amide bonds. The number of piperazine rings is 1. The second kappa shape index (κ2) is 9.16. The Hall–Kier alpha value is -2.41. The van der Waals surface area contributed by atoms with E-state index in [0.717, 1.165) is 65.3 Å². The normalized spacial score (nSPS) is 14.7. The van der Waals surface area contributed by atoms with Crippen molar-refractivity contribution < 1.29 is 4.79 Å². The average Bonchev–Trinajstić information content (AvgIpc) is 3.23.